The average molecular weight is 510 g/mol. The Hall–Kier alpha value is -3.14. The number of nitrogens with one attached hydrogen (secondary N) is 3. The summed E-state index contributed by atoms with van der Waals surface area (Å²) in [7, 11) is 1.45. The summed E-state index contributed by atoms with van der Waals surface area (Å²) in [4.78, 5) is 13.2. The Labute approximate surface area is 209 Å². The van der Waals surface area contributed by atoms with Crippen LogP contribution in [-0.2, 0) is 4.79 Å². The summed E-state index contributed by atoms with van der Waals surface area (Å²) < 4.78 is 57.8. The van der Waals surface area contributed by atoms with E-state index in [2.05, 4.69) is 16.0 Å². The summed E-state index contributed by atoms with van der Waals surface area (Å²) in [5, 5.41) is 8.75. The first kappa shape index (κ1) is 27.4. The van der Waals surface area contributed by atoms with Crippen molar-refractivity contribution in [2.75, 3.05) is 25.8 Å². The van der Waals surface area contributed by atoms with E-state index in [1.807, 2.05) is 32.9 Å². The third-order valence-corrected chi connectivity index (χ3v) is 5.93. The Balaban J connectivity index is 1.69. The summed E-state index contributed by atoms with van der Waals surface area (Å²) in [6.45, 7) is 6.23. The Kier molecular flexibility index (Phi) is 9.31. The molecule has 1 aliphatic heterocycles. The molecule has 1 amide bonds. The lowest BCUT2D eigenvalue weighted by Gasteiger charge is -2.30. The van der Waals surface area contributed by atoms with Crippen LogP contribution in [0.25, 0.3) is 0 Å². The quantitative estimate of drug-likeness (QED) is 0.372. The van der Waals surface area contributed by atoms with Crippen LogP contribution in [0.15, 0.2) is 42.5 Å². The van der Waals surface area contributed by atoms with E-state index in [1.54, 1.807) is 6.07 Å². The molecule has 3 rings (SSSR count). The predicted molar refractivity (Wildman–Crippen MR) is 131 cm³/mol. The predicted octanol–water partition coefficient (Wildman–Crippen LogP) is 5.04. The fourth-order valence-corrected chi connectivity index (χ4v) is 3.95. The lowest BCUT2D eigenvalue weighted by Crippen LogP contribution is -2.52. The highest BCUT2D eigenvalue weighted by atomic mass is 19.4. The van der Waals surface area contributed by atoms with E-state index in [4.69, 9.17) is 14.2 Å². The van der Waals surface area contributed by atoms with Gasteiger partial charge in [-0.15, -0.1) is 0 Å². The van der Waals surface area contributed by atoms with E-state index in [0.717, 1.165) is 5.69 Å². The van der Waals surface area contributed by atoms with Crippen molar-refractivity contribution in [1.29, 1.82) is 0 Å². The molecule has 2 aromatic rings. The van der Waals surface area contributed by atoms with Gasteiger partial charge in [0.25, 0.3) is 0 Å². The van der Waals surface area contributed by atoms with Gasteiger partial charge in [0.1, 0.15) is 11.8 Å². The zero-order valence-corrected chi connectivity index (χ0v) is 20.9. The molecule has 3 N–H and O–H groups in total. The van der Waals surface area contributed by atoms with Crippen molar-refractivity contribution < 1.29 is 32.2 Å². The summed E-state index contributed by atoms with van der Waals surface area (Å²) in [5.41, 5.74) is 0.807. The zero-order valence-electron chi connectivity index (χ0n) is 20.9. The third-order valence-electron chi connectivity index (χ3n) is 5.93. The molecular weight excluding hydrogens is 475 g/mol. The molecule has 0 radical (unpaired) electrons. The van der Waals surface area contributed by atoms with Crippen LogP contribution in [0.3, 0.4) is 0 Å². The van der Waals surface area contributed by atoms with Crippen LogP contribution >= 0.6 is 0 Å². The van der Waals surface area contributed by atoms with Gasteiger partial charge in [-0.1, -0.05) is 32.9 Å². The molecule has 3 atom stereocenters. The van der Waals surface area contributed by atoms with Gasteiger partial charge in [-0.25, -0.2) is 0 Å². The second-order valence-electron chi connectivity index (χ2n) is 9.16. The number of benzene rings is 2. The third kappa shape index (κ3) is 7.43. The Morgan fingerprint density at radius 2 is 1.78 bits per heavy atom. The standard InChI is InChI=1S/C26H34F3N3O4/c1-5-18(14-30-19-8-11-22-23(13-19)36-15-35-22)31-25(33)21(12-16(2)3)32-24(26(27,28)29)17-6-9-20(34-4)10-7-17/h6-11,13,16,18,21,24,30,32H,5,12,14-15H2,1-4H3,(H,31,33)/t18-,21-,24-/m0/s1. The minimum Gasteiger partial charge on any atom is -0.497 e. The molecule has 36 heavy (non-hydrogen) atoms. The van der Waals surface area contributed by atoms with Gasteiger partial charge in [-0.3, -0.25) is 10.1 Å². The molecule has 2 aromatic carbocycles. The largest absolute Gasteiger partial charge is 0.497 e. The average Bonchev–Trinajstić information content (AvgIpc) is 3.31. The molecule has 0 saturated carbocycles. The number of anilines is 1. The van der Waals surface area contributed by atoms with Gasteiger partial charge >= 0.3 is 6.18 Å². The van der Waals surface area contributed by atoms with Gasteiger partial charge < -0.3 is 24.8 Å². The van der Waals surface area contributed by atoms with E-state index < -0.39 is 24.2 Å². The molecule has 0 aromatic heterocycles. The van der Waals surface area contributed by atoms with E-state index in [0.29, 0.717) is 30.2 Å². The van der Waals surface area contributed by atoms with Crippen molar-refractivity contribution in [2.24, 2.45) is 5.92 Å². The lowest BCUT2D eigenvalue weighted by molar-refractivity contribution is -0.161. The Morgan fingerprint density at radius 3 is 2.39 bits per heavy atom. The van der Waals surface area contributed by atoms with Crippen molar-refractivity contribution in [3.05, 3.63) is 48.0 Å². The van der Waals surface area contributed by atoms with E-state index >= 15 is 0 Å². The molecule has 0 aliphatic carbocycles. The second-order valence-corrected chi connectivity index (χ2v) is 9.16. The van der Waals surface area contributed by atoms with E-state index in [-0.39, 0.29) is 30.7 Å². The molecule has 198 valence electrons. The molecule has 0 spiro atoms. The van der Waals surface area contributed by atoms with Crippen LogP contribution in [0, 0.1) is 5.92 Å². The first-order chi connectivity index (χ1) is 17.1. The molecular formula is C26H34F3N3O4. The SMILES string of the molecule is CC[C@@H](CNc1ccc2c(c1)OCO2)NC(=O)[C@H](CC(C)C)N[C@@H](c1ccc(OC)cc1)C(F)(F)F. The number of alkyl halides is 3. The fraction of sp³-hybridized carbons (Fsp3) is 0.500. The molecule has 0 unspecified atom stereocenters. The normalized spacial score (nSPS) is 15.3. The smallest absolute Gasteiger partial charge is 0.407 e. The first-order valence-corrected chi connectivity index (χ1v) is 12.0. The topological polar surface area (TPSA) is 80.8 Å². The van der Waals surface area contributed by atoms with Crippen molar-refractivity contribution in [3.8, 4) is 17.2 Å². The number of amides is 1. The van der Waals surface area contributed by atoms with Gasteiger partial charge in [0, 0.05) is 24.3 Å². The second kappa shape index (κ2) is 12.2. The van der Waals surface area contributed by atoms with E-state index in [9.17, 15) is 18.0 Å². The van der Waals surface area contributed by atoms with Crippen LogP contribution in [-0.4, -0.2) is 44.6 Å². The maximum atomic E-state index is 14.0. The number of carbonyl (C=O) groups is 1. The first-order valence-electron chi connectivity index (χ1n) is 12.0. The molecule has 0 saturated heterocycles. The summed E-state index contributed by atoms with van der Waals surface area (Å²) >= 11 is 0. The van der Waals surface area contributed by atoms with Crippen LogP contribution in [0.1, 0.15) is 45.2 Å². The molecule has 0 fully saturated rings. The fourth-order valence-electron chi connectivity index (χ4n) is 3.95. The van der Waals surface area contributed by atoms with Gasteiger partial charge in [0.05, 0.1) is 13.2 Å². The van der Waals surface area contributed by atoms with Gasteiger partial charge in [0.2, 0.25) is 12.7 Å². The summed E-state index contributed by atoms with van der Waals surface area (Å²) in [6, 6.07) is 7.80. The van der Waals surface area contributed by atoms with Crippen molar-refractivity contribution in [3.63, 3.8) is 0 Å². The minimum absolute atomic E-state index is 0.00448. The van der Waals surface area contributed by atoms with Gasteiger partial charge in [-0.2, -0.15) is 13.2 Å². The highest BCUT2D eigenvalue weighted by Gasteiger charge is 2.43. The number of halogens is 3. The number of carbonyl (C=O) groups excluding carboxylic acids is 1. The maximum absolute atomic E-state index is 14.0. The molecule has 10 heteroatoms. The Morgan fingerprint density at radius 1 is 1.08 bits per heavy atom. The molecule has 1 aliphatic rings. The van der Waals surface area contributed by atoms with Crippen LogP contribution < -0.4 is 30.2 Å². The van der Waals surface area contributed by atoms with Crippen LogP contribution in [0.5, 0.6) is 17.2 Å². The van der Waals surface area contributed by atoms with E-state index in [1.165, 1.54) is 31.4 Å². The van der Waals surface area contributed by atoms with Crippen LogP contribution in [0.4, 0.5) is 18.9 Å². The van der Waals surface area contributed by atoms with Crippen LogP contribution in [0.2, 0.25) is 0 Å². The minimum atomic E-state index is -4.59. The van der Waals surface area contributed by atoms with Crippen molar-refractivity contribution in [1.82, 2.24) is 10.6 Å². The number of ether oxygens (including phenoxy) is 3. The van der Waals surface area contributed by atoms with Gasteiger partial charge in [0.15, 0.2) is 11.5 Å². The number of hydrogen-bond acceptors (Lipinski definition) is 6. The maximum Gasteiger partial charge on any atom is 0.407 e. The highest BCUT2D eigenvalue weighted by molar-refractivity contribution is 5.82. The number of methoxy groups -OCH3 is 1. The molecule has 0 bridgehead atoms. The summed E-state index contributed by atoms with van der Waals surface area (Å²) in [5.74, 6) is 1.29. The monoisotopic (exact) mass is 509 g/mol. The summed E-state index contributed by atoms with van der Waals surface area (Å²) in [6.07, 6.45) is -3.74. The Bertz CT molecular complexity index is 999. The number of fused-ring (bicyclic) bond motifs is 1. The number of rotatable bonds is 12. The highest BCUT2D eigenvalue weighted by Crippen LogP contribution is 2.35. The number of hydrogen-bond donors (Lipinski definition) is 3. The van der Waals surface area contributed by atoms with Crippen molar-refractivity contribution in [2.45, 2.75) is 57.9 Å². The zero-order chi connectivity index (χ0) is 26.3. The van der Waals surface area contributed by atoms with Gasteiger partial charge in [-0.05, 0) is 48.6 Å². The molecule has 1 heterocycles. The van der Waals surface area contributed by atoms with Crippen molar-refractivity contribution >= 4 is 11.6 Å². The molecule has 7 nitrogen and oxygen atoms in total. The lowest BCUT2D eigenvalue weighted by atomic mass is 9.99.